The maximum Gasteiger partial charge on any atom is 0.247 e. The minimum Gasteiger partial charge on any atom is -0.348 e. The van der Waals surface area contributed by atoms with Crippen LogP contribution in [0.15, 0.2) is 22.5 Å². The van der Waals surface area contributed by atoms with E-state index in [0.29, 0.717) is 10.7 Å². The summed E-state index contributed by atoms with van der Waals surface area (Å²) in [4.78, 5) is 21.3. The summed E-state index contributed by atoms with van der Waals surface area (Å²) in [5, 5.41) is 7.79. The van der Waals surface area contributed by atoms with Gasteiger partial charge in [-0.15, -0.1) is 11.3 Å². The first-order valence-corrected chi connectivity index (χ1v) is 9.50. The number of carbonyl (C=O) groups excluding carboxylic acids is 1. The molecule has 7 nitrogen and oxygen atoms in total. The molecule has 1 aliphatic carbocycles. The van der Waals surface area contributed by atoms with E-state index >= 15 is 0 Å². The fourth-order valence-electron chi connectivity index (χ4n) is 2.44. The van der Waals surface area contributed by atoms with E-state index in [9.17, 15) is 13.2 Å². The second-order valence-electron chi connectivity index (χ2n) is 5.33. The van der Waals surface area contributed by atoms with Gasteiger partial charge < -0.3 is 5.32 Å². The molecular weight excluding hydrogens is 336 g/mol. The average molecular weight is 352 g/mol. The van der Waals surface area contributed by atoms with Crippen molar-refractivity contribution in [3.63, 3.8) is 0 Å². The number of hydrogen-bond acceptors (Lipinski definition) is 6. The van der Waals surface area contributed by atoms with Gasteiger partial charge in [0.25, 0.3) is 0 Å². The summed E-state index contributed by atoms with van der Waals surface area (Å²) in [6, 6.07) is 3.00. The molecule has 9 heteroatoms. The van der Waals surface area contributed by atoms with Crippen LogP contribution in [0.3, 0.4) is 0 Å². The van der Waals surface area contributed by atoms with E-state index in [4.69, 9.17) is 5.14 Å². The molecule has 122 valence electrons. The lowest BCUT2D eigenvalue weighted by atomic mass is 10.3. The standard InChI is InChI=1S/C14H16N4O3S2/c15-23(20,21)14-5-4-10(22-14)6-13(19)17-8-12-16-7-9-2-1-3-11(9)18-12/h4-5,7H,1-3,6,8H2,(H,17,19)(H2,15,20,21). The number of carbonyl (C=O) groups is 1. The van der Waals surface area contributed by atoms with Crippen LogP contribution in [0.4, 0.5) is 0 Å². The van der Waals surface area contributed by atoms with Crippen molar-refractivity contribution in [2.45, 2.75) is 36.4 Å². The summed E-state index contributed by atoms with van der Waals surface area (Å²) in [6.07, 6.45) is 5.02. The number of fused-ring (bicyclic) bond motifs is 1. The van der Waals surface area contributed by atoms with Gasteiger partial charge in [0.1, 0.15) is 10.0 Å². The predicted molar refractivity (Wildman–Crippen MR) is 85.3 cm³/mol. The summed E-state index contributed by atoms with van der Waals surface area (Å²) < 4.78 is 22.5. The fraction of sp³-hybridized carbons (Fsp3) is 0.357. The number of sulfonamides is 1. The van der Waals surface area contributed by atoms with E-state index in [1.165, 1.54) is 11.6 Å². The molecule has 1 amide bonds. The molecule has 0 radical (unpaired) electrons. The molecule has 0 saturated heterocycles. The molecule has 0 atom stereocenters. The maximum absolute atomic E-state index is 11.9. The smallest absolute Gasteiger partial charge is 0.247 e. The van der Waals surface area contributed by atoms with Gasteiger partial charge in [-0.05, 0) is 37.0 Å². The van der Waals surface area contributed by atoms with E-state index in [1.807, 2.05) is 6.20 Å². The highest BCUT2D eigenvalue weighted by Gasteiger charge is 2.15. The molecule has 2 aromatic heterocycles. The van der Waals surface area contributed by atoms with Crippen LogP contribution in [0.1, 0.15) is 28.4 Å². The van der Waals surface area contributed by atoms with Crippen LogP contribution in [0.5, 0.6) is 0 Å². The molecule has 3 N–H and O–H groups in total. The zero-order valence-electron chi connectivity index (χ0n) is 12.3. The summed E-state index contributed by atoms with van der Waals surface area (Å²) in [5.41, 5.74) is 2.26. The largest absolute Gasteiger partial charge is 0.348 e. The number of nitrogens with one attached hydrogen (secondary N) is 1. The van der Waals surface area contributed by atoms with Gasteiger partial charge in [0, 0.05) is 16.8 Å². The van der Waals surface area contributed by atoms with Crippen molar-refractivity contribution in [1.29, 1.82) is 0 Å². The van der Waals surface area contributed by atoms with Crippen molar-refractivity contribution in [3.05, 3.63) is 40.3 Å². The molecular formula is C14H16N4O3S2. The molecule has 1 aliphatic rings. The monoisotopic (exact) mass is 352 g/mol. The van der Waals surface area contributed by atoms with Crippen LogP contribution in [-0.2, 0) is 40.6 Å². The van der Waals surface area contributed by atoms with Crippen LogP contribution in [0.25, 0.3) is 0 Å². The Morgan fingerprint density at radius 1 is 1.35 bits per heavy atom. The highest BCUT2D eigenvalue weighted by Crippen LogP contribution is 2.21. The zero-order valence-corrected chi connectivity index (χ0v) is 13.9. The van der Waals surface area contributed by atoms with Crippen LogP contribution in [-0.4, -0.2) is 24.3 Å². The van der Waals surface area contributed by atoms with Crippen LogP contribution in [0.2, 0.25) is 0 Å². The second-order valence-corrected chi connectivity index (χ2v) is 8.29. The third-order valence-corrected chi connectivity index (χ3v) is 6.08. The molecule has 0 fully saturated rings. The van der Waals surface area contributed by atoms with E-state index in [2.05, 4.69) is 15.3 Å². The molecule has 0 saturated carbocycles. The fourth-order valence-corrected chi connectivity index (χ4v) is 4.22. The number of nitrogens with zero attached hydrogens (tertiary/aromatic N) is 2. The molecule has 0 aliphatic heterocycles. The third-order valence-electron chi connectivity index (χ3n) is 3.56. The molecule has 0 unspecified atom stereocenters. The topological polar surface area (TPSA) is 115 Å². The number of rotatable bonds is 5. The molecule has 0 aromatic carbocycles. The van der Waals surface area contributed by atoms with Crippen molar-refractivity contribution in [2.24, 2.45) is 5.14 Å². The summed E-state index contributed by atoms with van der Waals surface area (Å²) in [5.74, 6) is 0.382. The normalized spacial score (nSPS) is 13.8. The predicted octanol–water partition coefficient (Wildman–Crippen LogP) is 0.533. The van der Waals surface area contributed by atoms with Crippen LogP contribution < -0.4 is 10.5 Å². The molecule has 0 spiro atoms. The van der Waals surface area contributed by atoms with Gasteiger partial charge in [-0.1, -0.05) is 0 Å². The Kier molecular flexibility index (Phi) is 4.42. The molecule has 3 rings (SSSR count). The van der Waals surface area contributed by atoms with E-state index in [-0.39, 0.29) is 23.1 Å². The lowest BCUT2D eigenvalue weighted by Crippen LogP contribution is -2.25. The van der Waals surface area contributed by atoms with Crippen LogP contribution in [0, 0.1) is 0 Å². The quantitative estimate of drug-likeness (QED) is 0.814. The summed E-state index contributed by atoms with van der Waals surface area (Å²) in [6.45, 7) is 0.263. The first kappa shape index (κ1) is 16.0. The lowest BCUT2D eigenvalue weighted by Gasteiger charge is -2.05. The number of aryl methyl sites for hydroxylation is 2. The van der Waals surface area contributed by atoms with E-state index < -0.39 is 10.0 Å². The Bertz CT molecular complexity index is 845. The molecule has 2 aromatic rings. The minimum atomic E-state index is -3.71. The van der Waals surface area contributed by atoms with Gasteiger partial charge >= 0.3 is 0 Å². The Hall–Kier alpha value is -1.84. The highest BCUT2D eigenvalue weighted by atomic mass is 32.2. The number of thiophene rings is 1. The minimum absolute atomic E-state index is 0.0576. The molecule has 0 bridgehead atoms. The number of hydrogen-bond donors (Lipinski definition) is 2. The van der Waals surface area contributed by atoms with Gasteiger partial charge in [0.2, 0.25) is 15.9 Å². The Labute approximate surface area is 138 Å². The number of amides is 1. The van der Waals surface area contributed by atoms with Gasteiger partial charge in [0.05, 0.1) is 13.0 Å². The van der Waals surface area contributed by atoms with Gasteiger partial charge in [-0.25, -0.2) is 23.5 Å². The second kappa shape index (κ2) is 6.34. The number of nitrogens with two attached hydrogens (primary N) is 1. The van der Waals surface area contributed by atoms with Crippen molar-refractivity contribution in [3.8, 4) is 0 Å². The van der Waals surface area contributed by atoms with Crippen molar-refractivity contribution < 1.29 is 13.2 Å². The lowest BCUT2D eigenvalue weighted by molar-refractivity contribution is -0.120. The maximum atomic E-state index is 11.9. The van der Waals surface area contributed by atoms with Gasteiger partial charge in [-0.2, -0.15) is 0 Å². The first-order chi connectivity index (χ1) is 10.9. The van der Waals surface area contributed by atoms with Crippen LogP contribution >= 0.6 is 11.3 Å². The number of aromatic nitrogens is 2. The van der Waals surface area contributed by atoms with Crippen molar-refractivity contribution in [2.75, 3.05) is 0 Å². The number of primary sulfonamides is 1. The average Bonchev–Trinajstić information content (AvgIpc) is 3.12. The zero-order chi connectivity index (χ0) is 16.4. The summed E-state index contributed by atoms with van der Waals surface area (Å²) in [7, 11) is -3.71. The van der Waals surface area contributed by atoms with E-state index in [1.54, 1.807) is 6.07 Å². The molecule has 2 heterocycles. The SMILES string of the molecule is NS(=O)(=O)c1ccc(CC(=O)NCc2ncc3c(n2)CCC3)s1. The first-order valence-electron chi connectivity index (χ1n) is 7.14. The molecule has 23 heavy (non-hydrogen) atoms. The van der Waals surface area contributed by atoms with Crippen molar-refractivity contribution in [1.82, 2.24) is 15.3 Å². The Balaban J connectivity index is 1.56. The van der Waals surface area contributed by atoms with Gasteiger partial charge in [0.15, 0.2) is 0 Å². The Morgan fingerprint density at radius 2 is 2.17 bits per heavy atom. The highest BCUT2D eigenvalue weighted by molar-refractivity contribution is 7.91. The van der Waals surface area contributed by atoms with Gasteiger partial charge in [-0.3, -0.25) is 4.79 Å². The van der Waals surface area contributed by atoms with E-state index in [0.717, 1.165) is 36.3 Å². The summed E-state index contributed by atoms with van der Waals surface area (Å²) >= 11 is 1.00. The third kappa shape index (κ3) is 3.92. The Morgan fingerprint density at radius 3 is 2.91 bits per heavy atom. The van der Waals surface area contributed by atoms with Crippen molar-refractivity contribution >= 4 is 27.3 Å².